The quantitative estimate of drug-likeness (QED) is 0.813. The molecule has 0 unspecified atom stereocenters. The maximum atomic E-state index is 12.9. The van der Waals surface area contributed by atoms with Gasteiger partial charge in [-0.2, -0.15) is 0 Å². The second-order valence-electron chi connectivity index (χ2n) is 5.17. The van der Waals surface area contributed by atoms with Crippen molar-refractivity contribution in [2.24, 2.45) is 0 Å². The molecule has 1 aliphatic heterocycles. The number of rotatable bonds is 3. The minimum atomic E-state index is -0.459. The van der Waals surface area contributed by atoms with Gasteiger partial charge in [-0.05, 0) is 43.3 Å². The van der Waals surface area contributed by atoms with Gasteiger partial charge in [0.25, 0.3) is 0 Å². The zero-order valence-corrected chi connectivity index (χ0v) is 12.8. The van der Waals surface area contributed by atoms with Crippen LogP contribution in [0.3, 0.4) is 0 Å². The van der Waals surface area contributed by atoms with E-state index in [9.17, 15) is 14.0 Å². The van der Waals surface area contributed by atoms with Gasteiger partial charge in [-0.25, -0.2) is 9.29 Å². The summed E-state index contributed by atoms with van der Waals surface area (Å²) in [5, 5.41) is -0.459. The van der Waals surface area contributed by atoms with Crippen molar-refractivity contribution in [3.63, 3.8) is 0 Å². The Morgan fingerprint density at radius 3 is 2.32 bits per heavy atom. The molecule has 3 rings (SSSR count). The highest BCUT2D eigenvalue weighted by molar-refractivity contribution is 8.00. The van der Waals surface area contributed by atoms with E-state index >= 15 is 0 Å². The molecule has 0 N–H and O–H groups in total. The summed E-state index contributed by atoms with van der Waals surface area (Å²) in [6.45, 7) is 1.95. The first-order valence-corrected chi connectivity index (χ1v) is 7.78. The molecule has 0 aromatic heterocycles. The summed E-state index contributed by atoms with van der Waals surface area (Å²) in [4.78, 5) is 26.7. The van der Waals surface area contributed by atoms with Crippen molar-refractivity contribution in [2.45, 2.75) is 23.5 Å². The monoisotopic (exact) mass is 315 g/mol. The lowest BCUT2D eigenvalue weighted by molar-refractivity contribution is -0.121. The Labute approximate surface area is 132 Å². The maximum Gasteiger partial charge on any atom is 0.247 e. The third kappa shape index (κ3) is 2.90. The van der Waals surface area contributed by atoms with Gasteiger partial charge in [-0.15, -0.1) is 11.8 Å². The number of hydrogen-bond acceptors (Lipinski definition) is 3. The number of carbonyl (C=O) groups excluding carboxylic acids is 2. The average molecular weight is 315 g/mol. The molecule has 2 amide bonds. The van der Waals surface area contributed by atoms with Crippen LogP contribution in [0.25, 0.3) is 0 Å². The van der Waals surface area contributed by atoms with E-state index < -0.39 is 5.25 Å². The number of imide groups is 1. The van der Waals surface area contributed by atoms with Crippen LogP contribution in [0.5, 0.6) is 0 Å². The van der Waals surface area contributed by atoms with E-state index in [0.29, 0.717) is 5.69 Å². The third-order valence-corrected chi connectivity index (χ3v) is 4.69. The molecule has 0 aliphatic carbocycles. The summed E-state index contributed by atoms with van der Waals surface area (Å²) in [6, 6.07) is 13.2. The summed E-state index contributed by atoms with van der Waals surface area (Å²) in [7, 11) is 0. The molecule has 1 aliphatic rings. The number of nitrogens with zero attached hydrogens (tertiary/aromatic N) is 1. The summed E-state index contributed by atoms with van der Waals surface area (Å²) in [5.74, 6) is -0.740. The SMILES string of the molecule is Cc1ccc(N2C(=O)C[C@@H](Sc3ccc(F)cc3)C2=O)cc1. The molecule has 2 aromatic carbocycles. The van der Waals surface area contributed by atoms with Gasteiger partial charge in [0.2, 0.25) is 11.8 Å². The molecule has 1 saturated heterocycles. The standard InChI is InChI=1S/C17H14FNO2S/c1-11-2-6-13(7-3-11)19-16(20)10-15(17(19)21)22-14-8-4-12(18)5-9-14/h2-9,15H,10H2,1H3/t15-/m1/s1. The van der Waals surface area contributed by atoms with Crippen molar-refractivity contribution in [1.29, 1.82) is 0 Å². The first kappa shape index (κ1) is 14.8. The highest BCUT2D eigenvalue weighted by Crippen LogP contribution is 2.33. The zero-order chi connectivity index (χ0) is 15.7. The lowest BCUT2D eigenvalue weighted by atomic mass is 10.2. The lowest BCUT2D eigenvalue weighted by Gasteiger charge is -2.15. The van der Waals surface area contributed by atoms with Crippen molar-refractivity contribution >= 4 is 29.3 Å². The molecule has 1 fully saturated rings. The highest BCUT2D eigenvalue weighted by Gasteiger charge is 2.40. The van der Waals surface area contributed by atoms with Gasteiger partial charge < -0.3 is 0 Å². The van der Waals surface area contributed by atoms with Crippen LogP contribution in [0.4, 0.5) is 10.1 Å². The molecule has 22 heavy (non-hydrogen) atoms. The first-order valence-electron chi connectivity index (χ1n) is 6.90. The maximum absolute atomic E-state index is 12.9. The van der Waals surface area contributed by atoms with Crippen LogP contribution >= 0.6 is 11.8 Å². The largest absolute Gasteiger partial charge is 0.274 e. The van der Waals surface area contributed by atoms with Crippen molar-refractivity contribution in [1.82, 2.24) is 0 Å². The molecule has 5 heteroatoms. The second-order valence-corrected chi connectivity index (χ2v) is 6.44. The molecular formula is C17H14FNO2S. The summed E-state index contributed by atoms with van der Waals surface area (Å²) < 4.78 is 12.9. The van der Waals surface area contributed by atoms with E-state index in [1.165, 1.54) is 28.8 Å². The molecule has 0 saturated carbocycles. The summed E-state index contributed by atoms with van der Waals surface area (Å²) in [6.07, 6.45) is 0.161. The number of anilines is 1. The third-order valence-electron chi connectivity index (χ3n) is 3.49. The average Bonchev–Trinajstić information content (AvgIpc) is 2.77. The Kier molecular flexibility index (Phi) is 3.98. The lowest BCUT2D eigenvalue weighted by Crippen LogP contribution is -2.31. The van der Waals surface area contributed by atoms with Crippen LogP contribution < -0.4 is 4.90 Å². The minimum absolute atomic E-state index is 0.161. The van der Waals surface area contributed by atoms with Crippen LogP contribution in [0.1, 0.15) is 12.0 Å². The molecule has 112 valence electrons. The molecule has 1 atom stereocenters. The first-order chi connectivity index (χ1) is 10.5. The smallest absolute Gasteiger partial charge is 0.247 e. The number of aryl methyl sites for hydroxylation is 1. The fourth-order valence-corrected chi connectivity index (χ4v) is 3.39. The molecular weight excluding hydrogens is 301 g/mol. The van der Waals surface area contributed by atoms with Gasteiger partial charge in [0.05, 0.1) is 10.9 Å². The van der Waals surface area contributed by atoms with Crippen molar-refractivity contribution < 1.29 is 14.0 Å². The van der Waals surface area contributed by atoms with E-state index in [2.05, 4.69) is 0 Å². The molecule has 0 spiro atoms. The normalized spacial score (nSPS) is 18.1. The number of benzene rings is 2. The van der Waals surface area contributed by atoms with Gasteiger partial charge in [0.15, 0.2) is 0 Å². The number of thioether (sulfide) groups is 1. The van der Waals surface area contributed by atoms with Crippen LogP contribution in [0.15, 0.2) is 53.4 Å². The van der Waals surface area contributed by atoms with E-state index in [4.69, 9.17) is 0 Å². The number of amides is 2. The van der Waals surface area contributed by atoms with Gasteiger partial charge >= 0.3 is 0 Å². The van der Waals surface area contributed by atoms with Gasteiger partial charge in [-0.3, -0.25) is 9.59 Å². The van der Waals surface area contributed by atoms with Crippen LogP contribution in [0, 0.1) is 12.7 Å². The van der Waals surface area contributed by atoms with Gasteiger partial charge in [0, 0.05) is 11.3 Å². The summed E-state index contributed by atoms with van der Waals surface area (Å²) in [5.41, 5.74) is 1.67. The van der Waals surface area contributed by atoms with E-state index in [1.807, 2.05) is 19.1 Å². The molecule has 3 nitrogen and oxygen atoms in total. The zero-order valence-electron chi connectivity index (χ0n) is 12.0. The molecule has 2 aromatic rings. The van der Waals surface area contributed by atoms with Crippen LogP contribution in [-0.2, 0) is 9.59 Å². The summed E-state index contributed by atoms with van der Waals surface area (Å²) >= 11 is 1.29. The Bertz CT molecular complexity index is 712. The molecule has 0 bridgehead atoms. The second kappa shape index (κ2) is 5.93. The fraction of sp³-hybridized carbons (Fsp3) is 0.176. The predicted octanol–water partition coefficient (Wildman–Crippen LogP) is 3.56. The highest BCUT2D eigenvalue weighted by atomic mass is 32.2. The van der Waals surface area contributed by atoms with E-state index in [1.54, 1.807) is 24.3 Å². The van der Waals surface area contributed by atoms with Crippen molar-refractivity contribution in [3.8, 4) is 0 Å². The van der Waals surface area contributed by atoms with Gasteiger partial charge in [-0.1, -0.05) is 17.7 Å². The van der Waals surface area contributed by atoms with Crippen molar-refractivity contribution in [3.05, 3.63) is 59.9 Å². The predicted molar refractivity (Wildman–Crippen MR) is 84.3 cm³/mol. The Morgan fingerprint density at radius 2 is 1.68 bits per heavy atom. The van der Waals surface area contributed by atoms with Gasteiger partial charge in [0.1, 0.15) is 5.82 Å². The molecule has 0 radical (unpaired) electrons. The Morgan fingerprint density at radius 1 is 1.05 bits per heavy atom. The number of carbonyl (C=O) groups is 2. The van der Waals surface area contributed by atoms with Crippen molar-refractivity contribution in [2.75, 3.05) is 4.90 Å². The van der Waals surface area contributed by atoms with Crippen LogP contribution in [0.2, 0.25) is 0 Å². The Hall–Kier alpha value is -2.14. The number of hydrogen-bond donors (Lipinski definition) is 0. The van der Waals surface area contributed by atoms with Crippen LogP contribution in [-0.4, -0.2) is 17.1 Å². The van der Waals surface area contributed by atoms with E-state index in [0.717, 1.165) is 10.5 Å². The fourth-order valence-electron chi connectivity index (χ4n) is 2.34. The minimum Gasteiger partial charge on any atom is -0.274 e. The van der Waals surface area contributed by atoms with E-state index in [-0.39, 0.29) is 24.1 Å². The molecule has 1 heterocycles. The topological polar surface area (TPSA) is 37.4 Å². The number of halogens is 1. The Balaban J connectivity index is 1.79.